The van der Waals surface area contributed by atoms with E-state index in [2.05, 4.69) is 10.1 Å². The fraction of sp³-hybridized carbons (Fsp3) is 0.600. The Bertz CT molecular complexity index is 851. The molecule has 1 fully saturated rings. The highest BCUT2D eigenvalue weighted by Gasteiger charge is 2.34. The summed E-state index contributed by atoms with van der Waals surface area (Å²) in [6.07, 6.45) is 8.92. The van der Waals surface area contributed by atoms with Crippen LogP contribution < -0.4 is 5.69 Å². The Morgan fingerprint density at radius 2 is 2.04 bits per heavy atom. The molecule has 1 unspecified atom stereocenters. The fourth-order valence-corrected chi connectivity index (χ4v) is 4.42. The second-order valence-corrected chi connectivity index (χ2v) is 7.75. The van der Waals surface area contributed by atoms with E-state index in [1.807, 2.05) is 23.1 Å². The van der Waals surface area contributed by atoms with Crippen molar-refractivity contribution in [3.05, 3.63) is 46.4 Å². The third-order valence-corrected chi connectivity index (χ3v) is 5.91. The predicted molar refractivity (Wildman–Crippen MR) is 101 cm³/mol. The van der Waals surface area contributed by atoms with Crippen molar-refractivity contribution in [2.75, 3.05) is 0 Å². The van der Waals surface area contributed by atoms with Crippen LogP contribution in [0.1, 0.15) is 50.0 Å². The van der Waals surface area contributed by atoms with Crippen LogP contribution >= 0.6 is 0 Å². The average molecular weight is 369 g/mol. The topological polar surface area (TPSA) is 73.0 Å². The van der Waals surface area contributed by atoms with Crippen LogP contribution in [0.3, 0.4) is 0 Å². The monoisotopic (exact) mass is 369 g/mol. The maximum atomic E-state index is 13.5. The van der Waals surface area contributed by atoms with Gasteiger partial charge in [-0.3, -0.25) is 14.3 Å². The van der Waals surface area contributed by atoms with Gasteiger partial charge in [-0.05, 0) is 31.4 Å². The highest BCUT2D eigenvalue weighted by Crippen LogP contribution is 2.28. The average Bonchev–Trinajstić information content (AvgIpc) is 3.00. The number of aryl methyl sites for hydroxylation is 2. The van der Waals surface area contributed by atoms with Crippen LogP contribution in [-0.2, 0) is 31.4 Å². The van der Waals surface area contributed by atoms with Crippen LogP contribution in [0.4, 0.5) is 0 Å². The van der Waals surface area contributed by atoms with E-state index in [0.29, 0.717) is 19.5 Å². The quantitative estimate of drug-likeness (QED) is 0.825. The normalized spacial score (nSPS) is 20.3. The zero-order valence-electron chi connectivity index (χ0n) is 15.9. The van der Waals surface area contributed by atoms with E-state index >= 15 is 0 Å². The first-order valence-corrected chi connectivity index (χ1v) is 9.96. The maximum Gasteiger partial charge on any atom is 0.345 e. The largest absolute Gasteiger partial charge is 0.345 e. The molecule has 1 atom stereocenters. The van der Waals surface area contributed by atoms with Crippen molar-refractivity contribution in [3.8, 4) is 0 Å². The molecule has 1 aliphatic carbocycles. The van der Waals surface area contributed by atoms with E-state index in [0.717, 1.165) is 30.8 Å². The molecule has 4 rings (SSSR count). The Labute approximate surface area is 159 Å². The molecule has 1 aliphatic heterocycles. The van der Waals surface area contributed by atoms with Gasteiger partial charge in [-0.1, -0.05) is 25.3 Å². The minimum atomic E-state index is -0.162. The third-order valence-electron chi connectivity index (χ3n) is 5.91. The van der Waals surface area contributed by atoms with Crippen molar-refractivity contribution in [1.82, 2.24) is 24.2 Å². The van der Waals surface area contributed by atoms with Crippen LogP contribution in [0, 0.1) is 5.92 Å². The van der Waals surface area contributed by atoms with Gasteiger partial charge in [-0.15, -0.1) is 0 Å². The zero-order valence-corrected chi connectivity index (χ0v) is 15.9. The molecule has 0 bridgehead atoms. The molecule has 7 nitrogen and oxygen atoms in total. The van der Waals surface area contributed by atoms with Crippen molar-refractivity contribution in [2.45, 2.75) is 64.1 Å². The van der Waals surface area contributed by atoms with Crippen molar-refractivity contribution < 1.29 is 4.79 Å². The molecule has 0 saturated heterocycles. The first kappa shape index (κ1) is 17.9. The van der Waals surface area contributed by atoms with Gasteiger partial charge in [0.05, 0.1) is 18.2 Å². The van der Waals surface area contributed by atoms with Gasteiger partial charge in [-0.25, -0.2) is 9.48 Å². The lowest BCUT2D eigenvalue weighted by Crippen LogP contribution is -2.46. The lowest BCUT2D eigenvalue weighted by molar-refractivity contribution is -0.140. The highest BCUT2D eigenvalue weighted by atomic mass is 16.2. The molecule has 3 heterocycles. The minimum Gasteiger partial charge on any atom is -0.334 e. The Hall–Kier alpha value is -2.44. The standard InChI is InChI=1S/C20H27N5O2/c1-23-20(27)25-13-15(10-11-18(25)22-23)19(26)24(17-8-3-2-4-9-17)14-16-7-5-6-12-21-16/h5-7,12,15,17H,2-4,8-11,13-14H2,1H3. The van der Waals surface area contributed by atoms with Crippen LogP contribution in [-0.4, -0.2) is 36.2 Å². The number of nitrogens with zero attached hydrogens (tertiary/aromatic N) is 5. The molecule has 7 heteroatoms. The number of pyridine rings is 1. The van der Waals surface area contributed by atoms with E-state index in [1.165, 1.54) is 23.9 Å². The summed E-state index contributed by atoms with van der Waals surface area (Å²) >= 11 is 0. The van der Waals surface area contributed by atoms with Gasteiger partial charge in [0, 0.05) is 32.3 Å². The summed E-state index contributed by atoms with van der Waals surface area (Å²) in [4.78, 5) is 32.2. The summed E-state index contributed by atoms with van der Waals surface area (Å²) < 4.78 is 3.04. The molecule has 27 heavy (non-hydrogen) atoms. The van der Waals surface area contributed by atoms with Crippen LogP contribution in [0.25, 0.3) is 0 Å². The number of fused-ring (bicyclic) bond motifs is 1. The number of hydrogen-bond donors (Lipinski definition) is 0. The summed E-state index contributed by atoms with van der Waals surface area (Å²) in [6, 6.07) is 6.12. The Morgan fingerprint density at radius 3 is 2.78 bits per heavy atom. The number of carbonyl (C=O) groups excluding carboxylic acids is 1. The summed E-state index contributed by atoms with van der Waals surface area (Å²) in [5, 5.41) is 4.28. The third kappa shape index (κ3) is 3.68. The maximum absolute atomic E-state index is 13.5. The lowest BCUT2D eigenvalue weighted by Gasteiger charge is -2.37. The second-order valence-electron chi connectivity index (χ2n) is 7.75. The molecule has 1 amide bonds. The summed E-state index contributed by atoms with van der Waals surface area (Å²) in [7, 11) is 1.67. The molecular weight excluding hydrogens is 342 g/mol. The molecule has 1 saturated carbocycles. The van der Waals surface area contributed by atoms with E-state index in [-0.39, 0.29) is 23.6 Å². The van der Waals surface area contributed by atoms with Crippen molar-refractivity contribution in [1.29, 1.82) is 0 Å². The van der Waals surface area contributed by atoms with Gasteiger partial charge >= 0.3 is 5.69 Å². The zero-order chi connectivity index (χ0) is 18.8. The van der Waals surface area contributed by atoms with Gasteiger partial charge in [0.15, 0.2) is 0 Å². The minimum absolute atomic E-state index is 0.128. The first-order valence-electron chi connectivity index (χ1n) is 9.96. The predicted octanol–water partition coefficient (Wildman–Crippen LogP) is 1.90. The van der Waals surface area contributed by atoms with Crippen molar-refractivity contribution in [2.24, 2.45) is 13.0 Å². The first-order chi connectivity index (χ1) is 13.1. The molecule has 0 spiro atoms. The van der Waals surface area contributed by atoms with E-state index < -0.39 is 0 Å². The Morgan fingerprint density at radius 1 is 1.22 bits per heavy atom. The highest BCUT2D eigenvalue weighted by molar-refractivity contribution is 5.79. The van der Waals surface area contributed by atoms with Gasteiger partial charge in [0.2, 0.25) is 5.91 Å². The summed E-state index contributed by atoms with van der Waals surface area (Å²) in [5.74, 6) is 0.791. The van der Waals surface area contributed by atoms with E-state index in [1.54, 1.807) is 17.8 Å². The van der Waals surface area contributed by atoms with Crippen molar-refractivity contribution >= 4 is 5.91 Å². The summed E-state index contributed by atoms with van der Waals surface area (Å²) in [5.41, 5.74) is 0.794. The van der Waals surface area contributed by atoms with Crippen molar-refractivity contribution in [3.63, 3.8) is 0 Å². The number of carbonyl (C=O) groups is 1. The number of amides is 1. The number of aromatic nitrogens is 4. The van der Waals surface area contributed by atoms with Gasteiger partial charge in [-0.2, -0.15) is 5.10 Å². The van der Waals surface area contributed by atoms with E-state index in [4.69, 9.17) is 0 Å². The Balaban J connectivity index is 1.56. The molecule has 2 aromatic heterocycles. The SMILES string of the molecule is Cn1nc2n(c1=O)CC(C(=O)N(Cc1ccccn1)C1CCCCC1)CC2. The number of hydrogen-bond acceptors (Lipinski definition) is 4. The van der Waals surface area contributed by atoms with Crippen LogP contribution in [0.2, 0.25) is 0 Å². The molecule has 0 N–H and O–H groups in total. The Kier molecular flexibility index (Phi) is 5.09. The number of rotatable bonds is 4. The molecule has 2 aromatic rings. The smallest absolute Gasteiger partial charge is 0.334 e. The lowest BCUT2D eigenvalue weighted by atomic mass is 9.91. The molecule has 144 valence electrons. The molecule has 2 aliphatic rings. The van der Waals surface area contributed by atoms with Crippen LogP contribution in [0.15, 0.2) is 29.2 Å². The van der Waals surface area contributed by atoms with Gasteiger partial charge < -0.3 is 4.90 Å². The molecule has 0 aromatic carbocycles. The van der Waals surface area contributed by atoms with Gasteiger partial charge in [0.1, 0.15) is 5.82 Å². The van der Waals surface area contributed by atoms with Gasteiger partial charge in [0.25, 0.3) is 0 Å². The second kappa shape index (κ2) is 7.66. The fourth-order valence-electron chi connectivity index (χ4n) is 4.42. The summed E-state index contributed by atoms with van der Waals surface area (Å²) in [6.45, 7) is 0.988. The molecular formula is C20H27N5O2. The van der Waals surface area contributed by atoms with Crippen LogP contribution in [0.5, 0.6) is 0 Å². The molecule has 0 radical (unpaired) electrons. The van der Waals surface area contributed by atoms with E-state index in [9.17, 15) is 9.59 Å².